The first-order chi connectivity index (χ1) is 9.81. The van der Waals surface area contributed by atoms with E-state index in [1.54, 1.807) is 13.8 Å². The number of hydrogen-bond acceptors (Lipinski definition) is 3. The molecule has 1 unspecified atom stereocenters. The van der Waals surface area contributed by atoms with E-state index in [1.165, 1.54) is 0 Å². The number of carbonyl (C=O) groups is 1. The van der Waals surface area contributed by atoms with Crippen molar-refractivity contribution in [3.05, 3.63) is 35.9 Å². The first-order valence-corrected chi connectivity index (χ1v) is 7.61. The molecule has 21 heavy (non-hydrogen) atoms. The lowest BCUT2D eigenvalue weighted by molar-refractivity contribution is -0.122. The van der Waals surface area contributed by atoms with Gasteiger partial charge in [-0.3, -0.25) is 4.79 Å². The molecule has 4 heteroatoms. The Morgan fingerprint density at radius 1 is 1.33 bits per heavy atom. The molecule has 0 saturated heterocycles. The second kappa shape index (κ2) is 8.15. The maximum absolute atomic E-state index is 12.0. The van der Waals surface area contributed by atoms with Gasteiger partial charge in [-0.25, -0.2) is 0 Å². The molecule has 1 rings (SSSR count). The van der Waals surface area contributed by atoms with Gasteiger partial charge in [0, 0.05) is 19.5 Å². The monoisotopic (exact) mass is 292 g/mol. The molecule has 0 heterocycles. The maximum Gasteiger partial charge on any atom is 0.221 e. The van der Waals surface area contributed by atoms with Crippen LogP contribution in [0.1, 0.15) is 45.7 Å². The minimum atomic E-state index is -0.732. The number of nitrogens with one attached hydrogen (secondary N) is 1. The third-order valence-electron chi connectivity index (χ3n) is 3.39. The summed E-state index contributed by atoms with van der Waals surface area (Å²) in [6.07, 6.45) is 0.446. The van der Waals surface area contributed by atoms with Crippen molar-refractivity contribution in [2.45, 2.75) is 45.8 Å². The van der Waals surface area contributed by atoms with Crippen LogP contribution in [0.2, 0.25) is 0 Å². The van der Waals surface area contributed by atoms with E-state index >= 15 is 0 Å². The summed E-state index contributed by atoms with van der Waals surface area (Å²) in [5, 5.41) is 12.8. The van der Waals surface area contributed by atoms with Crippen LogP contribution >= 0.6 is 0 Å². The molecule has 0 fully saturated rings. The van der Waals surface area contributed by atoms with Gasteiger partial charge in [0.25, 0.3) is 0 Å². The molecule has 4 nitrogen and oxygen atoms in total. The second-order valence-electron chi connectivity index (χ2n) is 6.13. The molecule has 1 aromatic carbocycles. The highest BCUT2D eigenvalue weighted by molar-refractivity contribution is 5.76. The molecule has 1 aromatic rings. The van der Waals surface area contributed by atoms with Gasteiger partial charge in [-0.1, -0.05) is 37.3 Å². The third kappa shape index (κ3) is 7.25. The van der Waals surface area contributed by atoms with E-state index in [0.717, 1.165) is 12.1 Å². The van der Waals surface area contributed by atoms with Crippen molar-refractivity contribution >= 4 is 5.91 Å². The molecule has 0 aliphatic rings. The molecular weight excluding hydrogens is 264 g/mol. The van der Waals surface area contributed by atoms with Crippen molar-refractivity contribution < 1.29 is 9.90 Å². The van der Waals surface area contributed by atoms with Crippen LogP contribution in [0.3, 0.4) is 0 Å². The van der Waals surface area contributed by atoms with Gasteiger partial charge in [0.15, 0.2) is 0 Å². The van der Waals surface area contributed by atoms with Crippen LogP contribution in [0, 0.1) is 0 Å². The lowest BCUT2D eigenvalue weighted by Gasteiger charge is -2.27. The standard InChI is InChI=1S/C17H28N2O2/c1-5-19(13-17(3,4)21)12-11-16(20)18-14(2)15-9-7-6-8-10-15/h6-10,14,21H,5,11-13H2,1-4H3,(H,18,20). The quantitative estimate of drug-likeness (QED) is 0.773. The number of likely N-dealkylation sites (N-methyl/N-ethyl adjacent to an activating group) is 1. The Hall–Kier alpha value is -1.39. The molecule has 0 aliphatic carbocycles. The van der Waals surface area contributed by atoms with Crippen molar-refractivity contribution in [2.75, 3.05) is 19.6 Å². The molecule has 0 saturated carbocycles. The Bertz CT molecular complexity index is 426. The molecule has 1 amide bonds. The van der Waals surface area contributed by atoms with Gasteiger partial charge >= 0.3 is 0 Å². The predicted octanol–water partition coefficient (Wildman–Crippen LogP) is 2.35. The second-order valence-corrected chi connectivity index (χ2v) is 6.13. The Kier molecular flexibility index (Phi) is 6.85. The Labute approximate surface area is 128 Å². The van der Waals surface area contributed by atoms with E-state index in [2.05, 4.69) is 10.2 Å². The van der Waals surface area contributed by atoms with Crippen LogP contribution < -0.4 is 5.32 Å². The first kappa shape index (κ1) is 17.7. The van der Waals surface area contributed by atoms with Crippen LogP contribution in [-0.4, -0.2) is 41.1 Å². The van der Waals surface area contributed by atoms with Crippen molar-refractivity contribution in [1.29, 1.82) is 0 Å². The molecule has 1 atom stereocenters. The van der Waals surface area contributed by atoms with Crippen molar-refractivity contribution in [3.63, 3.8) is 0 Å². The van der Waals surface area contributed by atoms with E-state index in [-0.39, 0.29) is 11.9 Å². The van der Waals surface area contributed by atoms with Crippen LogP contribution in [0.5, 0.6) is 0 Å². The fraction of sp³-hybridized carbons (Fsp3) is 0.588. The van der Waals surface area contributed by atoms with Gasteiger partial charge < -0.3 is 15.3 Å². The van der Waals surface area contributed by atoms with Gasteiger partial charge in [-0.2, -0.15) is 0 Å². The summed E-state index contributed by atoms with van der Waals surface area (Å²) in [6.45, 7) is 9.66. The lowest BCUT2D eigenvalue weighted by atomic mass is 10.1. The number of rotatable bonds is 8. The summed E-state index contributed by atoms with van der Waals surface area (Å²) < 4.78 is 0. The summed E-state index contributed by atoms with van der Waals surface area (Å²) in [5.41, 5.74) is 0.374. The molecule has 0 aliphatic heterocycles. The third-order valence-corrected chi connectivity index (χ3v) is 3.39. The Balaban J connectivity index is 2.39. The van der Waals surface area contributed by atoms with Crippen LogP contribution in [0.25, 0.3) is 0 Å². The fourth-order valence-electron chi connectivity index (χ4n) is 2.29. The van der Waals surface area contributed by atoms with E-state index in [4.69, 9.17) is 0 Å². The lowest BCUT2D eigenvalue weighted by Crippen LogP contribution is -2.40. The van der Waals surface area contributed by atoms with Crippen LogP contribution in [0.15, 0.2) is 30.3 Å². The van der Waals surface area contributed by atoms with Gasteiger partial charge in [-0.15, -0.1) is 0 Å². The summed E-state index contributed by atoms with van der Waals surface area (Å²) in [6, 6.07) is 9.95. The number of aliphatic hydroxyl groups is 1. The number of nitrogens with zero attached hydrogens (tertiary/aromatic N) is 1. The highest BCUT2D eigenvalue weighted by Gasteiger charge is 2.18. The predicted molar refractivity (Wildman–Crippen MR) is 86.0 cm³/mol. The topological polar surface area (TPSA) is 52.6 Å². The normalized spacial score (nSPS) is 13.2. The van der Waals surface area contributed by atoms with E-state index in [1.807, 2.05) is 44.2 Å². The van der Waals surface area contributed by atoms with Gasteiger partial charge in [0.1, 0.15) is 0 Å². The van der Waals surface area contributed by atoms with Gasteiger partial charge in [0.2, 0.25) is 5.91 Å². The first-order valence-electron chi connectivity index (χ1n) is 7.61. The van der Waals surface area contributed by atoms with Crippen molar-refractivity contribution in [2.24, 2.45) is 0 Å². The summed E-state index contributed by atoms with van der Waals surface area (Å²) in [5.74, 6) is 0.0422. The highest BCUT2D eigenvalue weighted by atomic mass is 16.3. The SMILES string of the molecule is CCN(CCC(=O)NC(C)c1ccccc1)CC(C)(C)O. The number of hydrogen-bond donors (Lipinski definition) is 2. The summed E-state index contributed by atoms with van der Waals surface area (Å²) in [7, 11) is 0. The molecule has 118 valence electrons. The van der Waals surface area contributed by atoms with E-state index in [0.29, 0.717) is 19.5 Å². The van der Waals surface area contributed by atoms with Crippen LogP contribution in [0.4, 0.5) is 0 Å². The minimum Gasteiger partial charge on any atom is -0.389 e. The zero-order valence-corrected chi connectivity index (χ0v) is 13.6. The average molecular weight is 292 g/mol. The highest BCUT2D eigenvalue weighted by Crippen LogP contribution is 2.11. The zero-order chi connectivity index (χ0) is 15.9. The maximum atomic E-state index is 12.0. The van der Waals surface area contributed by atoms with Crippen molar-refractivity contribution in [3.8, 4) is 0 Å². The number of benzene rings is 1. The average Bonchev–Trinajstić information content (AvgIpc) is 2.43. The van der Waals surface area contributed by atoms with E-state index in [9.17, 15) is 9.90 Å². The zero-order valence-electron chi connectivity index (χ0n) is 13.6. The Morgan fingerprint density at radius 2 is 1.95 bits per heavy atom. The smallest absolute Gasteiger partial charge is 0.221 e. The van der Waals surface area contributed by atoms with Gasteiger partial charge in [-0.05, 0) is 32.9 Å². The minimum absolute atomic E-state index is 0.0167. The molecule has 0 spiro atoms. The molecule has 2 N–H and O–H groups in total. The van der Waals surface area contributed by atoms with Gasteiger partial charge in [0.05, 0.1) is 11.6 Å². The number of amides is 1. The molecule has 0 aromatic heterocycles. The Morgan fingerprint density at radius 3 is 2.48 bits per heavy atom. The summed E-state index contributed by atoms with van der Waals surface area (Å²) >= 11 is 0. The molecule has 0 radical (unpaired) electrons. The molecule has 0 bridgehead atoms. The largest absolute Gasteiger partial charge is 0.389 e. The van der Waals surface area contributed by atoms with E-state index < -0.39 is 5.60 Å². The van der Waals surface area contributed by atoms with Crippen molar-refractivity contribution in [1.82, 2.24) is 10.2 Å². The number of carbonyl (C=O) groups excluding carboxylic acids is 1. The van der Waals surface area contributed by atoms with Crippen LogP contribution in [-0.2, 0) is 4.79 Å². The fourth-order valence-corrected chi connectivity index (χ4v) is 2.29. The summed E-state index contributed by atoms with van der Waals surface area (Å²) in [4.78, 5) is 14.1. The molecular formula is C17H28N2O2.